The summed E-state index contributed by atoms with van der Waals surface area (Å²) in [6.45, 7) is 1.27. The second-order valence-electron chi connectivity index (χ2n) is 5.88. The quantitative estimate of drug-likeness (QED) is 0.504. The minimum absolute atomic E-state index is 0.110. The molecule has 0 fully saturated rings. The summed E-state index contributed by atoms with van der Waals surface area (Å²) >= 11 is 0. The third-order valence-electron chi connectivity index (χ3n) is 4.13. The van der Waals surface area contributed by atoms with Gasteiger partial charge in [-0.1, -0.05) is 32.1 Å². The van der Waals surface area contributed by atoms with Crippen LogP contribution in [0.5, 0.6) is 23.5 Å². The average Bonchev–Trinajstić information content (AvgIpc) is 3.02. The molecule has 0 aliphatic carbocycles. The van der Waals surface area contributed by atoms with Crippen LogP contribution in [0.2, 0.25) is 0 Å². The van der Waals surface area contributed by atoms with Gasteiger partial charge in [-0.25, -0.2) is 0 Å². The number of nitrogens with zero attached hydrogens (tertiary/aromatic N) is 2. The van der Waals surface area contributed by atoms with Crippen molar-refractivity contribution in [3.8, 4) is 23.5 Å². The zero-order valence-electron chi connectivity index (χ0n) is 13.4. The normalized spacial score (nSPS) is 11.1. The largest absolute Gasteiger partial charge is 0.494 e. The highest BCUT2D eigenvalue weighted by Gasteiger charge is 2.05. The van der Waals surface area contributed by atoms with Crippen molar-refractivity contribution in [1.82, 2.24) is 9.13 Å². The molecule has 2 heterocycles. The fraction of sp³-hybridized carbons (Fsp3) is 0.529. The molecule has 0 spiro atoms. The van der Waals surface area contributed by atoms with Crippen LogP contribution >= 0.6 is 0 Å². The monoisotopic (exact) mass is 322 g/mol. The van der Waals surface area contributed by atoms with Crippen LogP contribution in [0.4, 0.5) is 0 Å². The van der Waals surface area contributed by atoms with Crippen molar-refractivity contribution in [3.05, 3.63) is 24.3 Å². The van der Waals surface area contributed by atoms with Crippen LogP contribution in [0.15, 0.2) is 24.3 Å². The molecular formula is C17H26N2O4. The van der Waals surface area contributed by atoms with Crippen molar-refractivity contribution >= 4 is 0 Å². The molecule has 0 saturated heterocycles. The first kappa shape index (κ1) is 17.1. The van der Waals surface area contributed by atoms with Crippen molar-refractivity contribution in [2.75, 3.05) is 0 Å². The van der Waals surface area contributed by atoms with Gasteiger partial charge >= 0.3 is 0 Å². The Morgan fingerprint density at radius 2 is 0.739 bits per heavy atom. The summed E-state index contributed by atoms with van der Waals surface area (Å²) in [7, 11) is 0. The number of hydrogen-bond acceptors (Lipinski definition) is 4. The molecule has 0 unspecified atom stereocenters. The zero-order chi connectivity index (χ0) is 16.7. The minimum atomic E-state index is 0.110. The van der Waals surface area contributed by atoms with E-state index in [0.717, 1.165) is 44.9 Å². The van der Waals surface area contributed by atoms with Crippen LogP contribution in [-0.4, -0.2) is 29.6 Å². The number of unbranched alkanes of at least 4 members (excludes halogenated alkanes) is 6. The fourth-order valence-corrected chi connectivity index (χ4v) is 2.77. The molecule has 0 aliphatic heterocycles. The molecule has 0 amide bonds. The maximum absolute atomic E-state index is 9.51. The lowest BCUT2D eigenvalue weighted by atomic mass is 10.1. The predicted octanol–water partition coefficient (Wildman–Crippen LogP) is 3.54. The summed E-state index contributed by atoms with van der Waals surface area (Å²) in [6, 6.07) is 5.98. The average molecular weight is 322 g/mol. The van der Waals surface area contributed by atoms with Crippen LogP contribution in [0.1, 0.15) is 44.9 Å². The molecule has 6 nitrogen and oxygen atoms in total. The Hall–Kier alpha value is -2.24. The van der Waals surface area contributed by atoms with Crippen molar-refractivity contribution in [3.63, 3.8) is 0 Å². The lowest BCUT2D eigenvalue weighted by Crippen LogP contribution is -1.97. The van der Waals surface area contributed by atoms with Gasteiger partial charge in [-0.2, -0.15) is 0 Å². The van der Waals surface area contributed by atoms with E-state index >= 15 is 0 Å². The molecule has 0 aliphatic rings. The molecule has 2 rings (SSSR count). The van der Waals surface area contributed by atoms with E-state index in [1.165, 1.54) is 33.4 Å². The third-order valence-corrected chi connectivity index (χ3v) is 4.13. The van der Waals surface area contributed by atoms with E-state index in [1.54, 1.807) is 0 Å². The Bertz CT molecular complexity index is 513. The van der Waals surface area contributed by atoms with E-state index in [4.69, 9.17) is 0 Å². The van der Waals surface area contributed by atoms with Crippen LogP contribution in [-0.2, 0) is 13.1 Å². The molecule has 0 aromatic carbocycles. The smallest absolute Gasteiger partial charge is 0.193 e. The van der Waals surface area contributed by atoms with Crippen molar-refractivity contribution in [2.24, 2.45) is 0 Å². The van der Waals surface area contributed by atoms with Gasteiger partial charge in [0, 0.05) is 37.4 Å². The molecular weight excluding hydrogens is 296 g/mol. The van der Waals surface area contributed by atoms with Crippen molar-refractivity contribution < 1.29 is 20.4 Å². The molecule has 23 heavy (non-hydrogen) atoms. The number of hydrogen-bond donors (Lipinski definition) is 4. The maximum atomic E-state index is 9.51. The van der Waals surface area contributed by atoms with Gasteiger partial charge in [0.2, 0.25) is 0 Å². The van der Waals surface area contributed by atoms with Gasteiger partial charge in [-0.15, -0.1) is 0 Å². The van der Waals surface area contributed by atoms with E-state index in [9.17, 15) is 20.4 Å². The third kappa shape index (κ3) is 4.87. The van der Waals surface area contributed by atoms with E-state index in [-0.39, 0.29) is 23.5 Å². The first-order valence-electron chi connectivity index (χ1n) is 8.24. The molecule has 128 valence electrons. The molecule has 0 bridgehead atoms. The topological polar surface area (TPSA) is 90.8 Å². The minimum Gasteiger partial charge on any atom is -0.494 e. The Labute approximate surface area is 136 Å². The van der Waals surface area contributed by atoms with Gasteiger partial charge in [0.15, 0.2) is 23.5 Å². The lowest BCUT2D eigenvalue weighted by Gasteiger charge is -2.07. The Kier molecular flexibility index (Phi) is 6.26. The molecule has 2 aromatic heterocycles. The van der Waals surface area contributed by atoms with E-state index < -0.39 is 0 Å². The highest BCUT2D eigenvalue weighted by molar-refractivity contribution is 5.24. The standard InChI is InChI=1S/C17H26N2O4/c20-14-8-9-15(21)18(14)12-6-4-2-1-3-5-7-13-19-16(22)10-11-17(19)23/h8-11,20-23H,1-7,12-13H2. The summed E-state index contributed by atoms with van der Waals surface area (Å²) in [5, 5.41) is 38.1. The maximum Gasteiger partial charge on any atom is 0.193 e. The summed E-state index contributed by atoms with van der Waals surface area (Å²) < 4.78 is 3.02. The van der Waals surface area contributed by atoms with Crippen LogP contribution < -0.4 is 0 Å². The Balaban J connectivity index is 1.48. The summed E-state index contributed by atoms with van der Waals surface area (Å²) in [5.74, 6) is 0.441. The van der Waals surface area contributed by atoms with E-state index in [0.29, 0.717) is 13.1 Å². The van der Waals surface area contributed by atoms with E-state index in [2.05, 4.69) is 0 Å². The van der Waals surface area contributed by atoms with Gasteiger partial charge in [0.1, 0.15) is 0 Å². The summed E-state index contributed by atoms with van der Waals surface area (Å²) in [4.78, 5) is 0. The predicted molar refractivity (Wildman–Crippen MR) is 87.8 cm³/mol. The van der Waals surface area contributed by atoms with Gasteiger partial charge in [0.25, 0.3) is 0 Å². The van der Waals surface area contributed by atoms with Gasteiger partial charge < -0.3 is 20.4 Å². The van der Waals surface area contributed by atoms with Gasteiger partial charge in [0.05, 0.1) is 0 Å². The molecule has 4 N–H and O–H groups in total. The SMILES string of the molecule is Oc1ccc(O)n1CCCCCCCCCn1c(O)ccc1O. The number of aromatic nitrogens is 2. The molecule has 0 radical (unpaired) electrons. The molecule has 2 aromatic rings. The Morgan fingerprint density at radius 1 is 0.478 bits per heavy atom. The van der Waals surface area contributed by atoms with Crippen LogP contribution in [0.25, 0.3) is 0 Å². The second-order valence-corrected chi connectivity index (χ2v) is 5.88. The van der Waals surface area contributed by atoms with Gasteiger partial charge in [-0.05, 0) is 12.8 Å². The van der Waals surface area contributed by atoms with Crippen molar-refractivity contribution in [2.45, 2.75) is 58.0 Å². The molecule has 6 heteroatoms. The number of aromatic hydroxyl groups is 4. The lowest BCUT2D eigenvalue weighted by molar-refractivity contribution is 0.360. The van der Waals surface area contributed by atoms with Crippen LogP contribution in [0.3, 0.4) is 0 Å². The first-order chi connectivity index (χ1) is 11.1. The highest BCUT2D eigenvalue weighted by atomic mass is 16.3. The summed E-state index contributed by atoms with van der Waals surface area (Å²) in [5.41, 5.74) is 0. The highest BCUT2D eigenvalue weighted by Crippen LogP contribution is 2.23. The van der Waals surface area contributed by atoms with Crippen molar-refractivity contribution in [1.29, 1.82) is 0 Å². The van der Waals surface area contributed by atoms with Gasteiger partial charge in [-0.3, -0.25) is 9.13 Å². The molecule has 0 atom stereocenters. The van der Waals surface area contributed by atoms with E-state index in [1.807, 2.05) is 0 Å². The number of rotatable bonds is 10. The Morgan fingerprint density at radius 3 is 1.04 bits per heavy atom. The second kappa shape index (κ2) is 8.41. The summed E-state index contributed by atoms with van der Waals surface area (Å²) in [6.07, 6.45) is 7.40. The zero-order valence-corrected chi connectivity index (χ0v) is 13.4. The van der Waals surface area contributed by atoms with Crippen LogP contribution in [0, 0.1) is 0 Å². The first-order valence-corrected chi connectivity index (χ1v) is 8.24. The fourth-order valence-electron chi connectivity index (χ4n) is 2.77. The molecule has 0 saturated carbocycles.